The second-order valence-corrected chi connectivity index (χ2v) is 5.88. The van der Waals surface area contributed by atoms with Crippen LogP contribution in [0.15, 0.2) is 47.8 Å². The SMILES string of the molecule is O=[N+]([O-])c1ccc(Cl)cc1NCc1csc2ccccc12. The second-order valence-electron chi connectivity index (χ2n) is 4.53. The molecule has 1 heterocycles. The van der Waals surface area contributed by atoms with E-state index in [9.17, 15) is 10.1 Å². The lowest BCUT2D eigenvalue weighted by Crippen LogP contribution is -2.02. The summed E-state index contributed by atoms with van der Waals surface area (Å²) < 4.78 is 1.20. The van der Waals surface area contributed by atoms with Crippen molar-refractivity contribution in [2.24, 2.45) is 0 Å². The third kappa shape index (κ3) is 2.84. The van der Waals surface area contributed by atoms with Gasteiger partial charge in [0.1, 0.15) is 5.69 Å². The number of fused-ring (bicyclic) bond motifs is 1. The number of hydrogen-bond donors (Lipinski definition) is 1. The zero-order valence-corrected chi connectivity index (χ0v) is 12.4. The Kier molecular flexibility index (Phi) is 3.77. The minimum atomic E-state index is -0.412. The molecule has 0 aliphatic carbocycles. The Labute approximate surface area is 130 Å². The minimum Gasteiger partial charge on any atom is -0.375 e. The van der Waals surface area contributed by atoms with Gasteiger partial charge in [0.05, 0.1) is 4.92 Å². The fourth-order valence-corrected chi connectivity index (χ4v) is 3.30. The van der Waals surface area contributed by atoms with E-state index in [-0.39, 0.29) is 5.69 Å². The molecule has 0 aliphatic heterocycles. The van der Waals surface area contributed by atoms with Crippen LogP contribution in [0.25, 0.3) is 10.1 Å². The predicted octanol–water partition coefficient (Wildman–Crippen LogP) is 5.08. The number of anilines is 1. The number of nitro groups is 1. The fourth-order valence-electron chi connectivity index (χ4n) is 2.17. The van der Waals surface area contributed by atoms with E-state index in [4.69, 9.17) is 11.6 Å². The average molecular weight is 319 g/mol. The summed E-state index contributed by atoms with van der Waals surface area (Å²) in [4.78, 5) is 10.6. The van der Waals surface area contributed by atoms with Crippen LogP contribution in [0.5, 0.6) is 0 Å². The van der Waals surface area contributed by atoms with E-state index in [0.29, 0.717) is 17.3 Å². The van der Waals surface area contributed by atoms with E-state index in [2.05, 4.69) is 22.8 Å². The van der Waals surface area contributed by atoms with Gasteiger partial charge in [0.2, 0.25) is 0 Å². The van der Waals surface area contributed by atoms with Gasteiger partial charge in [-0.25, -0.2) is 0 Å². The van der Waals surface area contributed by atoms with Crippen molar-refractivity contribution < 1.29 is 4.92 Å². The molecule has 1 N–H and O–H groups in total. The third-order valence-corrected chi connectivity index (χ3v) is 4.43. The molecule has 0 saturated heterocycles. The molecule has 0 unspecified atom stereocenters. The van der Waals surface area contributed by atoms with E-state index < -0.39 is 4.92 Å². The highest BCUT2D eigenvalue weighted by molar-refractivity contribution is 7.17. The molecule has 0 spiro atoms. The summed E-state index contributed by atoms with van der Waals surface area (Å²) in [7, 11) is 0. The summed E-state index contributed by atoms with van der Waals surface area (Å²) >= 11 is 7.58. The van der Waals surface area contributed by atoms with Gasteiger partial charge < -0.3 is 5.32 Å². The zero-order valence-electron chi connectivity index (χ0n) is 10.9. The Hall–Kier alpha value is -2.11. The van der Waals surface area contributed by atoms with Crippen molar-refractivity contribution in [3.05, 3.63) is 68.5 Å². The van der Waals surface area contributed by atoms with Gasteiger partial charge in [-0.1, -0.05) is 29.8 Å². The van der Waals surface area contributed by atoms with Gasteiger partial charge in [-0.15, -0.1) is 11.3 Å². The summed E-state index contributed by atoms with van der Waals surface area (Å²) in [6.45, 7) is 0.519. The summed E-state index contributed by atoms with van der Waals surface area (Å²) in [6.07, 6.45) is 0. The van der Waals surface area contributed by atoms with Crippen molar-refractivity contribution in [1.29, 1.82) is 0 Å². The number of hydrogen-bond acceptors (Lipinski definition) is 4. The van der Waals surface area contributed by atoms with Crippen molar-refractivity contribution in [2.75, 3.05) is 5.32 Å². The molecule has 21 heavy (non-hydrogen) atoms. The smallest absolute Gasteiger partial charge is 0.292 e. The molecule has 2 aromatic carbocycles. The van der Waals surface area contributed by atoms with Crippen LogP contribution < -0.4 is 5.32 Å². The standard InChI is InChI=1S/C15H11ClN2O2S/c16-11-5-6-14(18(19)20)13(7-11)17-8-10-9-21-15-4-2-1-3-12(10)15/h1-7,9,17H,8H2. The molecule has 6 heteroatoms. The monoisotopic (exact) mass is 318 g/mol. The average Bonchev–Trinajstić information content (AvgIpc) is 2.88. The molecule has 0 bridgehead atoms. The van der Waals surface area contributed by atoms with Crippen LogP contribution >= 0.6 is 22.9 Å². The number of nitrogens with one attached hydrogen (secondary N) is 1. The van der Waals surface area contributed by atoms with Gasteiger partial charge in [-0.2, -0.15) is 0 Å². The first kappa shape index (κ1) is 13.9. The third-order valence-electron chi connectivity index (χ3n) is 3.19. The Balaban J connectivity index is 1.88. The van der Waals surface area contributed by atoms with E-state index in [1.165, 1.54) is 22.2 Å². The van der Waals surface area contributed by atoms with Crippen LogP contribution in [0.4, 0.5) is 11.4 Å². The van der Waals surface area contributed by atoms with Crippen LogP contribution in [0.3, 0.4) is 0 Å². The lowest BCUT2D eigenvalue weighted by Gasteiger charge is -2.07. The number of benzene rings is 2. The molecule has 3 aromatic rings. The molecule has 106 valence electrons. The summed E-state index contributed by atoms with van der Waals surface area (Å²) in [5.41, 5.74) is 1.58. The zero-order chi connectivity index (χ0) is 14.8. The van der Waals surface area contributed by atoms with Gasteiger partial charge in [0.15, 0.2) is 0 Å². The van der Waals surface area contributed by atoms with Gasteiger partial charge in [0.25, 0.3) is 5.69 Å². The first-order valence-corrected chi connectivity index (χ1v) is 7.54. The Morgan fingerprint density at radius 2 is 2.05 bits per heavy atom. The van der Waals surface area contributed by atoms with Crippen LogP contribution in [0, 0.1) is 10.1 Å². The Bertz CT molecular complexity index is 816. The van der Waals surface area contributed by atoms with E-state index in [1.807, 2.05) is 12.1 Å². The lowest BCUT2D eigenvalue weighted by atomic mass is 10.1. The summed E-state index contributed by atoms with van der Waals surface area (Å²) in [6, 6.07) is 12.6. The minimum absolute atomic E-state index is 0.0268. The predicted molar refractivity (Wildman–Crippen MR) is 87.3 cm³/mol. The summed E-state index contributed by atoms with van der Waals surface area (Å²) in [5.74, 6) is 0. The van der Waals surface area contributed by atoms with Crippen molar-refractivity contribution in [1.82, 2.24) is 0 Å². The van der Waals surface area contributed by atoms with Crippen LogP contribution in [-0.4, -0.2) is 4.92 Å². The fraction of sp³-hybridized carbons (Fsp3) is 0.0667. The molecule has 3 rings (SSSR count). The van der Waals surface area contributed by atoms with E-state index in [1.54, 1.807) is 17.4 Å². The molecule has 0 saturated carbocycles. The van der Waals surface area contributed by atoms with Crippen molar-refractivity contribution in [2.45, 2.75) is 6.54 Å². The molecule has 0 atom stereocenters. The molecule has 1 aromatic heterocycles. The van der Waals surface area contributed by atoms with E-state index in [0.717, 1.165) is 5.56 Å². The number of thiophene rings is 1. The van der Waals surface area contributed by atoms with Crippen LogP contribution in [0.1, 0.15) is 5.56 Å². The molecule has 4 nitrogen and oxygen atoms in total. The maximum atomic E-state index is 11.0. The quantitative estimate of drug-likeness (QED) is 0.539. The van der Waals surface area contributed by atoms with Gasteiger partial charge in [-0.3, -0.25) is 10.1 Å². The highest BCUT2D eigenvalue weighted by Crippen LogP contribution is 2.30. The highest BCUT2D eigenvalue weighted by Gasteiger charge is 2.14. The summed E-state index contributed by atoms with van der Waals surface area (Å²) in [5, 5.41) is 17.8. The molecule has 0 fully saturated rings. The van der Waals surface area contributed by atoms with Crippen LogP contribution in [0.2, 0.25) is 5.02 Å². The molecule has 0 radical (unpaired) electrons. The Morgan fingerprint density at radius 3 is 2.86 bits per heavy atom. The second kappa shape index (κ2) is 5.71. The van der Waals surface area contributed by atoms with Crippen molar-refractivity contribution >= 4 is 44.4 Å². The van der Waals surface area contributed by atoms with Crippen molar-refractivity contribution in [3.63, 3.8) is 0 Å². The maximum Gasteiger partial charge on any atom is 0.292 e. The van der Waals surface area contributed by atoms with Gasteiger partial charge in [0, 0.05) is 22.3 Å². The van der Waals surface area contributed by atoms with Gasteiger partial charge in [-0.05, 0) is 34.5 Å². The highest BCUT2D eigenvalue weighted by atomic mass is 35.5. The first-order valence-electron chi connectivity index (χ1n) is 6.28. The topological polar surface area (TPSA) is 55.2 Å². The number of halogens is 1. The number of nitrogens with zero attached hydrogens (tertiary/aromatic N) is 1. The number of nitro benzene ring substituents is 1. The molecular weight excluding hydrogens is 308 g/mol. The molecule has 0 amide bonds. The lowest BCUT2D eigenvalue weighted by molar-refractivity contribution is -0.384. The molecular formula is C15H11ClN2O2S. The maximum absolute atomic E-state index is 11.0. The largest absolute Gasteiger partial charge is 0.375 e. The number of rotatable bonds is 4. The van der Waals surface area contributed by atoms with E-state index >= 15 is 0 Å². The van der Waals surface area contributed by atoms with Crippen molar-refractivity contribution in [3.8, 4) is 0 Å². The molecule has 0 aliphatic rings. The van der Waals surface area contributed by atoms with Gasteiger partial charge >= 0.3 is 0 Å². The van der Waals surface area contributed by atoms with Crippen LogP contribution in [-0.2, 0) is 6.54 Å². The Morgan fingerprint density at radius 1 is 1.24 bits per heavy atom. The normalized spacial score (nSPS) is 10.7. The first-order chi connectivity index (χ1) is 10.1.